The van der Waals surface area contributed by atoms with Gasteiger partial charge in [0.15, 0.2) is 5.96 Å². The van der Waals surface area contributed by atoms with E-state index < -0.39 is 5.82 Å². The number of guanidine groups is 1. The Kier molecular flexibility index (Phi) is 3.21. The number of rotatable bonds is 2. The Bertz CT molecular complexity index is 680. The first-order valence-electron chi connectivity index (χ1n) is 6.39. The first kappa shape index (κ1) is 13.4. The predicted octanol–water partition coefficient (Wildman–Crippen LogP) is 2.55. The third kappa shape index (κ3) is 2.52. The van der Waals surface area contributed by atoms with E-state index in [9.17, 15) is 13.9 Å². The maximum absolute atomic E-state index is 13.5. The number of nitrogens with two attached hydrogens (primary N) is 1. The monoisotopic (exact) mass is 289 g/mol. The minimum Gasteiger partial charge on any atom is -0.508 e. The largest absolute Gasteiger partial charge is 0.508 e. The van der Waals surface area contributed by atoms with E-state index >= 15 is 0 Å². The van der Waals surface area contributed by atoms with Gasteiger partial charge in [-0.2, -0.15) is 0 Å². The highest BCUT2D eigenvalue weighted by Crippen LogP contribution is 2.32. The number of aliphatic imine (C=N–C) groups is 1. The van der Waals surface area contributed by atoms with Gasteiger partial charge in [0.2, 0.25) is 0 Å². The fourth-order valence-corrected chi connectivity index (χ4v) is 2.45. The van der Waals surface area contributed by atoms with Crippen molar-refractivity contribution in [3.8, 4) is 5.75 Å². The summed E-state index contributed by atoms with van der Waals surface area (Å²) in [4.78, 5) is 5.84. The molecule has 0 saturated carbocycles. The lowest BCUT2D eigenvalue weighted by Crippen LogP contribution is -2.36. The molecule has 1 heterocycles. The number of nitrogens with zero attached hydrogens (tertiary/aromatic N) is 2. The molecule has 108 valence electrons. The summed E-state index contributed by atoms with van der Waals surface area (Å²) >= 11 is 0. The van der Waals surface area contributed by atoms with Gasteiger partial charge in [-0.1, -0.05) is 0 Å². The minimum atomic E-state index is -0.533. The maximum atomic E-state index is 13.5. The molecule has 1 unspecified atom stereocenters. The molecule has 0 aromatic heterocycles. The van der Waals surface area contributed by atoms with Crippen LogP contribution in [0.5, 0.6) is 5.75 Å². The number of halogens is 2. The molecule has 2 aromatic carbocycles. The molecule has 6 heteroatoms. The van der Waals surface area contributed by atoms with Crippen LogP contribution in [0.2, 0.25) is 0 Å². The smallest absolute Gasteiger partial charge is 0.196 e. The molecule has 0 saturated heterocycles. The summed E-state index contributed by atoms with van der Waals surface area (Å²) in [5.41, 5.74) is 7.09. The van der Waals surface area contributed by atoms with E-state index in [4.69, 9.17) is 5.73 Å². The van der Waals surface area contributed by atoms with Crippen molar-refractivity contribution < 1.29 is 13.9 Å². The van der Waals surface area contributed by atoms with Gasteiger partial charge in [0.05, 0.1) is 12.6 Å². The van der Waals surface area contributed by atoms with Crippen LogP contribution in [0, 0.1) is 11.6 Å². The van der Waals surface area contributed by atoms with Crippen molar-refractivity contribution in [2.24, 2.45) is 10.7 Å². The number of phenols is 1. The van der Waals surface area contributed by atoms with Gasteiger partial charge < -0.3 is 15.7 Å². The zero-order chi connectivity index (χ0) is 15.0. The first-order chi connectivity index (χ1) is 10.0. The Morgan fingerprint density at radius 2 is 1.81 bits per heavy atom. The van der Waals surface area contributed by atoms with Gasteiger partial charge in [-0.05, 0) is 42.0 Å². The molecule has 1 aliphatic rings. The van der Waals surface area contributed by atoms with Crippen molar-refractivity contribution in [2.75, 3.05) is 11.4 Å². The first-order valence-corrected chi connectivity index (χ1v) is 6.39. The van der Waals surface area contributed by atoms with E-state index in [2.05, 4.69) is 4.99 Å². The van der Waals surface area contributed by atoms with E-state index in [1.54, 1.807) is 17.0 Å². The Hall–Kier alpha value is -2.63. The maximum Gasteiger partial charge on any atom is 0.196 e. The van der Waals surface area contributed by atoms with Crippen molar-refractivity contribution in [3.05, 3.63) is 59.7 Å². The molecule has 0 amide bonds. The summed E-state index contributed by atoms with van der Waals surface area (Å²) in [7, 11) is 0. The van der Waals surface area contributed by atoms with Crippen molar-refractivity contribution in [2.45, 2.75) is 6.04 Å². The Balaban J connectivity index is 2.00. The molecule has 4 nitrogen and oxygen atoms in total. The van der Waals surface area contributed by atoms with Gasteiger partial charge in [0.25, 0.3) is 0 Å². The van der Waals surface area contributed by atoms with Crippen LogP contribution in [-0.2, 0) is 0 Å². The number of phenolic OH excluding ortho intramolecular Hbond substituents is 1. The number of benzene rings is 2. The van der Waals surface area contributed by atoms with Crippen molar-refractivity contribution in [1.82, 2.24) is 0 Å². The molecular weight excluding hydrogens is 276 g/mol. The molecule has 3 rings (SSSR count). The standard InChI is InChI=1S/C15H13F2N3O/c16-10-1-3-12(4-2-10)20-14(8-19-15(20)18)9-5-11(17)7-13(21)6-9/h1-7,14,21H,8H2,(H2,18,19). The third-order valence-corrected chi connectivity index (χ3v) is 3.38. The average molecular weight is 289 g/mol. The number of hydrogen-bond donors (Lipinski definition) is 2. The minimum absolute atomic E-state index is 0.158. The second-order valence-corrected chi connectivity index (χ2v) is 4.80. The molecule has 0 bridgehead atoms. The van der Waals surface area contributed by atoms with E-state index in [0.29, 0.717) is 17.8 Å². The van der Waals surface area contributed by atoms with Crippen LogP contribution in [0.25, 0.3) is 0 Å². The average Bonchev–Trinajstić information content (AvgIpc) is 2.80. The topological polar surface area (TPSA) is 61.9 Å². The quantitative estimate of drug-likeness (QED) is 0.893. The fourth-order valence-electron chi connectivity index (χ4n) is 2.45. The molecule has 0 spiro atoms. The van der Waals surface area contributed by atoms with Crippen molar-refractivity contribution >= 4 is 11.6 Å². The molecule has 0 aliphatic carbocycles. The molecule has 3 N–H and O–H groups in total. The summed E-state index contributed by atoms with van der Waals surface area (Å²) in [5, 5.41) is 9.54. The van der Waals surface area contributed by atoms with E-state index in [-0.39, 0.29) is 23.6 Å². The Morgan fingerprint density at radius 1 is 1.10 bits per heavy atom. The van der Waals surface area contributed by atoms with Crippen LogP contribution >= 0.6 is 0 Å². The van der Waals surface area contributed by atoms with Crippen molar-refractivity contribution in [1.29, 1.82) is 0 Å². The second-order valence-electron chi connectivity index (χ2n) is 4.80. The van der Waals surface area contributed by atoms with Gasteiger partial charge in [0, 0.05) is 11.8 Å². The van der Waals surface area contributed by atoms with E-state index in [1.807, 2.05) is 0 Å². The second kappa shape index (κ2) is 5.05. The molecule has 2 aromatic rings. The molecule has 21 heavy (non-hydrogen) atoms. The normalized spacial score (nSPS) is 17.9. The van der Waals surface area contributed by atoms with Crippen LogP contribution in [-0.4, -0.2) is 17.6 Å². The van der Waals surface area contributed by atoms with Gasteiger partial charge >= 0.3 is 0 Å². The summed E-state index contributed by atoms with van der Waals surface area (Å²) in [5.74, 6) is -0.771. The lowest BCUT2D eigenvalue weighted by molar-refractivity contribution is 0.467. The highest BCUT2D eigenvalue weighted by Gasteiger charge is 2.29. The fraction of sp³-hybridized carbons (Fsp3) is 0.133. The van der Waals surface area contributed by atoms with Gasteiger partial charge in [-0.25, -0.2) is 8.78 Å². The van der Waals surface area contributed by atoms with Gasteiger partial charge in [-0.3, -0.25) is 4.99 Å². The highest BCUT2D eigenvalue weighted by atomic mass is 19.1. The van der Waals surface area contributed by atoms with Gasteiger partial charge in [0.1, 0.15) is 17.4 Å². The third-order valence-electron chi connectivity index (χ3n) is 3.38. The molecular formula is C15H13F2N3O. The van der Waals surface area contributed by atoms with Crippen LogP contribution in [0.4, 0.5) is 14.5 Å². The molecule has 0 radical (unpaired) electrons. The van der Waals surface area contributed by atoms with Crippen LogP contribution in [0.1, 0.15) is 11.6 Å². The number of hydrogen-bond acceptors (Lipinski definition) is 4. The molecule has 1 atom stereocenters. The Morgan fingerprint density at radius 3 is 2.48 bits per heavy atom. The zero-order valence-corrected chi connectivity index (χ0v) is 11.0. The Labute approximate surface area is 120 Å². The van der Waals surface area contributed by atoms with Crippen LogP contribution in [0.3, 0.4) is 0 Å². The van der Waals surface area contributed by atoms with Crippen LogP contribution in [0.15, 0.2) is 47.5 Å². The number of aromatic hydroxyl groups is 1. The summed E-state index contributed by atoms with van der Waals surface area (Å²) < 4.78 is 26.5. The number of anilines is 1. The van der Waals surface area contributed by atoms with Gasteiger partial charge in [-0.15, -0.1) is 0 Å². The lowest BCUT2D eigenvalue weighted by atomic mass is 10.0. The SMILES string of the molecule is NC1=NCC(c2cc(O)cc(F)c2)N1c1ccc(F)cc1. The molecule has 0 fully saturated rings. The van der Waals surface area contributed by atoms with E-state index in [1.165, 1.54) is 24.3 Å². The highest BCUT2D eigenvalue weighted by molar-refractivity contribution is 5.97. The predicted molar refractivity (Wildman–Crippen MR) is 76.2 cm³/mol. The summed E-state index contributed by atoms with van der Waals surface area (Å²) in [6.45, 7) is 0.339. The van der Waals surface area contributed by atoms with Crippen LogP contribution < -0.4 is 10.6 Å². The summed E-state index contributed by atoms with van der Waals surface area (Å²) in [6.07, 6.45) is 0. The summed E-state index contributed by atoms with van der Waals surface area (Å²) in [6, 6.07) is 9.29. The molecule has 1 aliphatic heterocycles. The lowest BCUT2D eigenvalue weighted by Gasteiger charge is -2.26. The van der Waals surface area contributed by atoms with Crippen molar-refractivity contribution in [3.63, 3.8) is 0 Å². The zero-order valence-electron chi connectivity index (χ0n) is 11.0. The van der Waals surface area contributed by atoms with E-state index in [0.717, 1.165) is 6.07 Å².